The number of carbonyl (C=O) groups excluding carboxylic acids is 1. The Morgan fingerprint density at radius 3 is 2.54 bits per heavy atom. The SMILES string of the molecule is Cc1cc(C(=O)NC(c2ccccc2)c2nnc(N)s2)c(=O)n(C)c1C. The second kappa shape index (κ2) is 7.09. The van der Waals surface area contributed by atoms with Crippen LogP contribution in [0.1, 0.15) is 38.2 Å². The molecule has 0 spiro atoms. The summed E-state index contributed by atoms with van der Waals surface area (Å²) >= 11 is 1.20. The largest absolute Gasteiger partial charge is 0.374 e. The Kier molecular flexibility index (Phi) is 4.85. The van der Waals surface area contributed by atoms with Gasteiger partial charge < -0.3 is 15.6 Å². The minimum Gasteiger partial charge on any atom is -0.374 e. The van der Waals surface area contributed by atoms with E-state index in [1.54, 1.807) is 13.1 Å². The lowest BCUT2D eigenvalue weighted by atomic mass is 10.1. The topological polar surface area (TPSA) is 103 Å². The Morgan fingerprint density at radius 2 is 1.92 bits per heavy atom. The molecule has 0 saturated heterocycles. The van der Waals surface area contributed by atoms with Gasteiger partial charge in [0.05, 0.1) is 0 Å². The number of nitrogens with zero attached hydrogens (tertiary/aromatic N) is 3. The van der Waals surface area contributed by atoms with Crippen LogP contribution in [-0.2, 0) is 7.05 Å². The van der Waals surface area contributed by atoms with Crippen molar-refractivity contribution in [3.8, 4) is 0 Å². The molecule has 2 aromatic heterocycles. The van der Waals surface area contributed by atoms with Crippen LogP contribution in [0.5, 0.6) is 0 Å². The van der Waals surface area contributed by atoms with E-state index in [-0.39, 0.29) is 11.1 Å². The summed E-state index contributed by atoms with van der Waals surface area (Å²) in [5.74, 6) is -0.462. The summed E-state index contributed by atoms with van der Waals surface area (Å²) in [5, 5.41) is 11.7. The highest BCUT2D eigenvalue weighted by Gasteiger charge is 2.23. The molecule has 3 aromatic rings. The summed E-state index contributed by atoms with van der Waals surface area (Å²) in [6.45, 7) is 3.71. The molecule has 1 unspecified atom stereocenters. The first-order valence-corrected chi connectivity index (χ1v) is 8.82. The third-order valence-electron chi connectivity index (χ3n) is 4.33. The summed E-state index contributed by atoms with van der Waals surface area (Å²) in [7, 11) is 1.65. The smallest absolute Gasteiger partial charge is 0.263 e. The molecular formula is C18H19N5O2S. The standard InChI is InChI=1S/C18H19N5O2S/c1-10-9-13(17(25)23(3)11(10)2)15(24)20-14(12-7-5-4-6-8-12)16-21-22-18(19)26-16/h4-9,14H,1-3H3,(H2,19,22)(H,20,24). The molecule has 0 aliphatic heterocycles. The number of benzene rings is 1. The summed E-state index contributed by atoms with van der Waals surface area (Å²) in [5.41, 5.74) is 7.97. The minimum atomic E-state index is -0.537. The highest BCUT2D eigenvalue weighted by atomic mass is 32.1. The molecule has 1 amide bonds. The van der Waals surface area contributed by atoms with E-state index in [0.717, 1.165) is 16.8 Å². The Balaban J connectivity index is 2.00. The van der Waals surface area contributed by atoms with Gasteiger partial charge in [-0.1, -0.05) is 41.7 Å². The zero-order valence-electron chi connectivity index (χ0n) is 14.7. The summed E-state index contributed by atoms with van der Waals surface area (Å²) in [6, 6.07) is 10.5. The van der Waals surface area contributed by atoms with Gasteiger partial charge in [0, 0.05) is 12.7 Å². The third kappa shape index (κ3) is 3.36. The van der Waals surface area contributed by atoms with Gasteiger partial charge in [-0.15, -0.1) is 10.2 Å². The maximum atomic E-state index is 12.8. The van der Waals surface area contributed by atoms with Crippen LogP contribution in [0.4, 0.5) is 5.13 Å². The van der Waals surface area contributed by atoms with Crippen molar-refractivity contribution in [2.45, 2.75) is 19.9 Å². The number of aryl methyl sites for hydroxylation is 1. The Hall–Kier alpha value is -3.00. The number of nitrogens with two attached hydrogens (primary N) is 1. The molecule has 3 N–H and O–H groups in total. The third-order valence-corrected chi connectivity index (χ3v) is 5.14. The number of aromatic nitrogens is 3. The normalized spacial score (nSPS) is 12.0. The van der Waals surface area contributed by atoms with Gasteiger partial charge in [-0.3, -0.25) is 9.59 Å². The predicted molar refractivity (Wildman–Crippen MR) is 101 cm³/mol. The van der Waals surface area contributed by atoms with Crippen LogP contribution in [0, 0.1) is 13.8 Å². The molecule has 0 radical (unpaired) electrons. The van der Waals surface area contributed by atoms with Crippen molar-refractivity contribution >= 4 is 22.4 Å². The lowest BCUT2D eigenvalue weighted by Crippen LogP contribution is -2.35. The van der Waals surface area contributed by atoms with E-state index in [0.29, 0.717) is 10.1 Å². The fraction of sp³-hybridized carbons (Fsp3) is 0.222. The van der Waals surface area contributed by atoms with Crippen molar-refractivity contribution in [2.24, 2.45) is 7.05 Å². The summed E-state index contributed by atoms with van der Waals surface area (Å²) < 4.78 is 1.48. The highest BCUT2D eigenvalue weighted by Crippen LogP contribution is 2.26. The molecule has 8 heteroatoms. The molecule has 134 valence electrons. The van der Waals surface area contributed by atoms with Crippen molar-refractivity contribution < 1.29 is 4.79 Å². The molecule has 0 aliphatic rings. The number of pyridine rings is 1. The van der Waals surface area contributed by atoms with Crippen LogP contribution >= 0.6 is 11.3 Å². The van der Waals surface area contributed by atoms with Gasteiger partial charge in [-0.05, 0) is 31.0 Å². The van der Waals surface area contributed by atoms with E-state index in [2.05, 4.69) is 15.5 Å². The molecule has 1 aromatic carbocycles. The van der Waals surface area contributed by atoms with E-state index in [1.165, 1.54) is 15.9 Å². The van der Waals surface area contributed by atoms with Crippen molar-refractivity contribution in [3.63, 3.8) is 0 Å². The first kappa shape index (κ1) is 17.8. The molecular weight excluding hydrogens is 350 g/mol. The first-order chi connectivity index (χ1) is 12.4. The average Bonchev–Trinajstić information content (AvgIpc) is 3.07. The van der Waals surface area contributed by atoms with Crippen molar-refractivity contribution in [3.05, 3.63) is 74.1 Å². The molecule has 1 atom stereocenters. The molecule has 26 heavy (non-hydrogen) atoms. The minimum absolute atomic E-state index is 0.0917. The Bertz CT molecular complexity index is 1010. The average molecular weight is 369 g/mol. The molecule has 3 rings (SSSR count). The van der Waals surface area contributed by atoms with E-state index < -0.39 is 11.9 Å². The maximum absolute atomic E-state index is 12.8. The lowest BCUT2D eigenvalue weighted by molar-refractivity contribution is 0.0940. The van der Waals surface area contributed by atoms with Gasteiger partial charge in [-0.2, -0.15) is 0 Å². The number of hydrogen-bond donors (Lipinski definition) is 2. The van der Waals surface area contributed by atoms with Crippen LogP contribution in [-0.4, -0.2) is 20.7 Å². The van der Waals surface area contributed by atoms with Gasteiger partial charge in [-0.25, -0.2) is 0 Å². The van der Waals surface area contributed by atoms with Gasteiger partial charge in [0.2, 0.25) is 5.13 Å². The Labute approximate surface area is 154 Å². The molecule has 0 bridgehead atoms. The monoisotopic (exact) mass is 369 g/mol. The molecule has 0 aliphatic carbocycles. The van der Waals surface area contributed by atoms with E-state index >= 15 is 0 Å². The molecule has 0 saturated carbocycles. The number of amides is 1. The second-order valence-electron chi connectivity index (χ2n) is 5.99. The van der Waals surface area contributed by atoms with Crippen LogP contribution < -0.4 is 16.6 Å². The van der Waals surface area contributed by atoms with Crippen molar-refractivity contribution in [1.82, 2.24) is 20.1 Å². The predicted octanol–water partition coefficient (Wildman–Crippen LogP) is 1.96. The quantitative estimate of drug-likeness (QED) is 0.732. The second-order valence-corrected chi connectivity index (χ2v) is 7.03. The number of nitrogens with one attached hydrogen (secondary N) is 1. The van der Waals surface area contributed by atoms with Crippen molar-refractivity contribution in [2.75, 3.05) is 5.73 Å². The van der Waals surface area contributed by atoms with Gasteiger partial charge in [0.15, 0.2) is 0 Å². The lowest BCUT2D eigenvalue weighted by Gasteiger charge is -2.17. The maximum Gasteiger partial charge on any atom is 0.263 e. The van der Waals surface area contributed by atoms with Crippen molar-refractivity contribution in [1.29, 1.82) is 0 Å². The first-order valence-electron chi connectivity index (χ1n) is 8.00. The molecule has 0 fully saturated rings. The van der Waals surface area contributed by atoms with Gasteiger partial charge >= 0.3 is 0 Å². The number of nitrogen functional groups attached to an aromatic ring is 1. The highest BCUT2D eigenvalue weighted by molar-refractivity contribution is 7.15. The van der Waals surface area contributed by atoms with Crippen LogP contribution in [0.25, 0.3) is 0 Å². The molecule has 2 heterocycles. The van der Waals surface area contributed by atoms with E-state index in [1.807, 2.05) is 44.2 Å². The number of carbonyl (C=O) groups is 1. The van der Waals surface area contributed by atoms with Crippen LogP contribution in [0.2, 0.25) is 0 Å². The number of rotatable bonds is 4. The zero-order valence-corrected chi connectivity index (χ0v) is 15.5. The van der Waals surface area contributed by atoms with Crippen LogP contribution in [0.3, 0.4) is 0 Å². The summed E-state index contributed by atoms with van der Waals surface area (Å²) in [4.78, 5) is 25.3. The van der Waals surface area contributed by atoms with E-state index in [4.69, 9.17) is 5.73 Å². The van der Waals surface area contributed by atoms with E-state index in [9.17, 15) is 9.59 Å². The Morgan fingerprint density at radius 1 is 1.23 bits per heavy atom. The number of hydrogen-bond acceptors (Lipinski definition) is 6. The summed E-state index contributed by atoms with van der Waals surface area (Å²) in [6.07, 6.45) is 0. The molecule has 7 nitrogen and oxygen atoms in total. The number of anilines is 1. The fourth-order valence-corrected chi connectivity index (χ4v) is 3.34. The van der Waals surface area contributed by atoms with Gasteiger partial charge in [0.1, 0.15) is 16.6 Å². The van der Waals surface area contributed by atoms with Crippen LogP contribution in [0.15, 0.2) is 41.2 Å². The zero-order chi connectivity index (χ0) is 18.8. The fourth-order valence-electron chi connectivity index (χ4n) is 2.65. The van der Waals surface area contributed by atoms with Gasteiger partial charge in [0.25, 0.3) is 11.5 Å².